The van der Waals surface area contributed by atoms with Gasteiger partial charge >= 0.3 is 0 Å². The Bertz CT molecular complexity index is 177. The monoisotopic (exact) mass is 125 g/mol. The van der Waals surface area contributed by atoms with E-state index >= 15 is 0 Å². The number of carbonyl (C=O) groups excluding carboxylic acids is 1. The van der Waals surface area contributed by atoms with Gasteiger partial charge in [-0.2, -0.15) is 0 Å². The Labute approximate surface area is 52.7 Å². The molecule has 1 atom stereocenters. The first kappa shape index (κ1) is 4.85. The summed E-state index contributed by atoms with van der Waals surface area (Å²) in [6.45, 7) is 0.610. The summed E-state index contributed by atoms with van der Waals surface area (Å²) < 4.78 is 4.96. The van der Waals surface area contributed by atoms with Crippen LogP contribution < -0.4 is 5.32 Å². The van der Waals surface area contributed by atoms with Crippen LogP contribution in [-0.4, -0.2) is 18.1 Å². The van der Waals surface area contributed by atoms with Gasteiger partial charge < -0.3 is 10.1 Å². The molecule has 0 aliphatic carbocycles. The van der Waals surface area contributed by atoms with E-state index in [0.29, 0.717) is 13.0 Å². The number of hydrogen-bond acceptors (Lipinski definition) is 2. The van der Waals surface area contributed by atoms with Gasteiger partial charge in [0.1, 0.15) is 12.1 Å². The van der Waals surface area contributed by atoms with Crippen molar-refractivity contribution >= 4 is 5.91 Å². The van der Waals surface area contributed by atoms with Crippen LogP contribution in [0.25, 0.3) is 0 Å². The quantitative estimate of drug-likeness (QED) is 0.455. The zero-order valence-corrected chi connectivity index (χ0v) is 4.89. The van der Waals surface area contributed by atoms with Gasteiger partial charge in [0.05, 0.1) is 12.7 Å². The number of carbonyl (C=O) groups is 1. The first-order valence-electron chi connectivity index (χ1n) is 2.91. The van der Waals surface area contributed by atoms with Crippen molar-refractivity contribution in [1.29, 1.82) is 0 Å². The van der Waals surface area contributed by atoms with Crippen LogP contribution in [0.5, 0.6) is 0 Å². The predicted octanol–water partition coefficient (Wildman–Crippen LogP) is -0.211. The van der Waals surface area contributed by atoms with Crippen LogP contribution in [0.15, 0.2) is 12.3 Å². The third-order valence-corrected chi connectivity index (χ3v) is 1.69. The third kappa shape index (κ3) is 0.542. The van der Waals surface area contributed by atoms with Crippen LogP contribution in [0.1, 0.15) is 6.42 Å². The fourth-order valence-electron chi connectivity index (χ4n) is 1.16. The minimum atomic E-state index is -0.114. The van der Waals surface area contributed by atoms with Gasteiger partial charge in [-0.1, -0.05) is 0 Å². The van der Waals surface area contributed by atoms with E-state index in [1.54, 1.807) is 6.26 Å². The summed E-state index contributed by atoms with van der Waals surface area (Å²) in [5.41, 5.74) is -0.114. The Morgan fingerprint density at radius 1 is 1.78 bits per heavy atom. The second-order valence-electron chi connectivity index (χ2n) is 2.49. The maximum atomic E-state index is 10.5. The predicted molar refractivity (Wildman–Crippen MR) is 30.6 cm³/mol. The summed E-state index contributed by atoms with van der Waals surface area (Å²) in [5.74, 6) is 0.116. The Kier molecular flexibility index (Phi) is 0.695. The molecule has 0 saturated carbocycles. The van der Waals surface area contributed by atoms with Crippen LogP contribution in [0.4, 0.5) is 0 Å². The van der Waals surface area contributed by atoms with E-state index in [9.17, 15) is 4.79 Å². The molecule has 3 nitrogen and oxygen atoms in total. The van der Waals surface area contributed by atoms with Crippen LogP contribution >= 0.6 is 0 Å². The molecule has 2 aliphatic rings. The zero-order chi connectivity index (χ0) is 6.32. The van der Waals surface area contributed by atoms with E-state index in [4.69, 9.17) is 4.74 Å². The molecular weight excluding hydrogens is 118 g/mol. The second-order valence-corrected chi connectivity index (χ2v) is 2.49. The highest BCUT2D eigenvalue weighted by atomic mass is 16.5. The van der Waals surface area contributed by atoms with Gasteiger partial charge in [0, 0.05) is 0 Å². The summed E-state index contributed by atoms with van der Waals surface area (Å²) in [6.07, 6.45) is 4.12. The normalized spacial score (nSPS) is 38.0. The van der Waals surface area contributed by atoms with Crippen molar-refractivity contribution in [1.82, 2.24) is 5.32 Å². The third-order valence-electron chi connectivity index (χ3n) is 1.69. The Hall–Kier alpha value is -0.990. The van der Waals surface area contributed by atoms with Crippen LogP contribution in [0.2, 0.25) is 0 Å². The lowest BCUT2D eigenvalue weighted by atomic mass is 9.89. The maximum absolute atomic E-state index is 10.5. The summed E-state index contributed by atoms with van der Waals surface area (Å²) in [7, 11) is 0. The van der Waals surface area contributed by atoms with E-state index in [1.807, 2.05) is 6.08 Å². The van der Waals surface area contributed by atoms with Crippen molar-refractivity contribution in [2.75, 3.05) is 6.61 Å². The first-order valence-corrected chi connectivity index (χ1v) is 2.91. The molecule has 0 radical (unpaired) electrons. The molecule has 1 fully saturated rings. The van der Waals surface area contributed by atoms with Crippen molar-refractivity contribution < 1.29 is 9.53 Å². The Balaban J connectivity index is 2.12. The van der Waals surface area contributed by atoms with Gasteiger partial charge in [0.25, 0.3) is 0 Å². The highest BCUT2D eigenvalue weighted by molar-refractivity contribution is 5.86. The summed E-state index contributed by atoms with van der Waals surface area (Å²) >= 11 is 0. The van der Waals surface area contributed by atoms with Crippen molar-refractivity contribution in [3.05, 3.63) is 12.3 Å². The average molecular weight is 125 g/mol. The molecular formula is C6H7NO2. The largest absolute Gasteiger partial charge is 0.499 e. The topological polar surface area (TPSA) is 38.3 Å². The van der Waals surface area contributed by atoms with Gasteiger partial charge in [-0.15, -0.1) is 0 Å². The fourth-order valence-corrected chi connectivity index (χ4v) is 1.16. The van der Waals surface area contributed by atoms with Crippen molar-refractivity contribution in [3.63, 3.8) is 0 Å². The Morgan fingerprint density at radius 3 is 3.00 bits per heavy atom. The lowest BCUT2D eigenvalue weighted by Crippen LogP contribution is -2.60. The highest BCUT2D eigenvalue weighted by Crippen LogP contribution is 2.25. The van der Waals surface area contributed by atoms with Crippen molar-refractivity contribution in [3.8, 4) is 0 Å². The highest BCUT2D eigenvalue weighted by Gasteiger charge is 2.43. The number of rotatable bonds is 0. The van der Waals surface area contributed by atoms with E-state index in [0.717, 1.165) is 0 Å². The van der Waals surface area contributed by atoms with Gasteiger partial charge in [-0.05, 0) is 6.08 Å². The van der Waals surface area contributed by atoms with Crippen LogP contribution in [0, 0.1) is 0 Å². The van der Waals surface area contributed by atoms with Crippen molar-refractivity contribution in [2.45, 2.75) is 12.0 Å². The molecule has 2 aliphatic heterocycles. The molecule has 9 heavy (non-hydrogen) atoms. The van der Waals surface area contributed by atoms with Gasteiger partial charge in [-0.3, -0.25) is 4.79 Å². The lowest BCUT2D eigenvalue weighted by molar-refractivity contribution is -0.131. The smallest absolute Gasteiger partial charge is 0.223 e. The van der Waals surface area contributed by atoms with E-state index in [-0.39, 0.29) is 11.4 Å². The number of β-lactam (4-membered cyclic amide) rings is 1. The molecule has 3 heteroatoms. The SMILES string of the molecule is O=C1CC2(C=COC2)N1. The molecule has 0 aromatic rings. The number of hydrogen-bond donors (Lipinski definition) is 1. The summed E-state index contributed by atoms with van der Waals surface area (Å²) in [5, 5.41) is 2.77. The van der Waals surface area contributed by atoms with Crippen LogP contribution in [-0.2, 0) is 9.53 Å². The summed E-state index contributed by atoms with van der Waals surface area (Å²) in [4.78, 5) is 10.5. The average Bonchev–Trinajstić information content (AvgIpc) is 2.12. The molecule has 2 rings (SSSR count). The fraction of sp³-hybridized carbons (Fsp3) is 0.500. The number of amides is 1. The van der Waals surface area contributed by atoms with Gasteiger partial charge in [0.15, 0.2) is 0 Å². The molecule has 48 valence electrons. The first-order chi connectivity index (χ1) is 4.31. The number of ether oxygens (including phenoxy) is 1. The minimum absolute atomic E-state index is 0.114. The molecule has 0 aromatic heterocycles. The number of nitrogens with one attached hydrogen (secondary N) is 1. The Morgan fingerprint density at radius 2 is 2.56 bits per heavy atom. The van der Waals surface area contributed by atoms with E-state index < -0.39 is 0 Å². The molecule has 1 N–H and O–H groups in total. The zero-order valence-electron chi connectivity index (χ0n) is 4.89. The van der Waals surface area contributed by atoms with Gasteiger partial charge in [0.2, 0.25) is 5.91 Å². The van der Waals surface area contributed by atoms with E-state index in [2.05, 4.69) is 5.32 Å². The molecule has 0 aromatic carbocycles. The molecule has 1 amide bonds. The molecule has 1 spiro atoms. The second kappa shape index (κ2) is 1.29. The van der Waals surface area contributed by atoms with E-state index in [1.165, 1.54) is 0 Å². The van der Waals surface area contributed by atoms with Crippen LogP contribution in [0.3, 0.4) is 0 Å². The lowest BCUT2D eigenvalue weighted by Gasteiger charge is -2.35. The van der Waals surface area contributed by atoms with Crippen molar-refractivity contribution in [2.24, 2.45) is 0 Å². The molecule has 1 saturated heterocycles. The molecule has 1 unspecified atom stereocenters. The summed E-state index contributed by atoms with van der Waals surface area (Å²) in [6, 6.07) is 0. The minimum Gasteiger partial charge on any atom is -0.499 e. The molecule has 0 bridgehead atoms. The van der Waals surface area contributed by atoms with Gasteiger partial charge in [-0.25, -0.2) is 0 Å². The molecule has 2 heterocycles. The standard InChI is InChI=1S/C6H7NO2/c8-5-3-6(7-5)1-2-9-4-6/h1-2H,3-4H2,(H,7,8). The maximum Gasteiger partial charge on any atom is 0.223 e.